The summed E-state index contributed by atoms with van der Waals surface area (Å²) >= 11 is 6.13. The van der Waals surface area contributed by atoms with Gasteiger partial charge in [-0.15, -0.1) is 0 Å². The molecule has 1 aliphatic heterocycles. The van der Waals surface area contributed by atoms with Gasteiger partial charge in [0.1, 0.15) is 0 Å². The molecule has 1 heterocycles. The topological polar surface area (TPSA) is 30.5 Å². The molecule has 0 bridgehead atoms. The molecule has 1 aliphatic rings. The van der Waals surface area contributed by atoms with Crippen LogP contribution in [0.25, 0.3) is 0 Å². The maximum absolute atomic E-state index is 6.13. The number of rotatable bonds is 4. The molecule has 0 aliphatic carbocycles. The molecule has 0 radical (unpaired) electrons. The highest BCUT2D eigenvalue weighted by atomic mass is 35.5. The average Bonchev–Trinajstić information content (AvgIpc) is 2.34. The molecule has 0 amide bonds. The predicted octanol–water partition coefficient (Wildman–Crippen LogP) is 2.15. The maximum Gasteiger partial charge on any atom is 0.0933 e. The Kier molecular flexibility index (Phi) is 4.80. The van der Waals surface area contributed by atoms with Gasteiger partial charge in [-0.1, -0.05) is 23.7 Å². The number of halogens is 1. The summed E-state index contributed by atoms with van der Waals surface area (Å²) in [6, 6.07) is 5.89. The molecular weight excluding hydrogens is 238 g/mol. The smallest absolute Gasteiger partial charge is 0.0933 e. The molecule has 4 heteroatoms. The quantitative estimate of drug-likeness (QED) is 0.894. The van der Waals surface area contributed by atoms with Gasteiger partial charge in [0.05, 0.1) is 25.9 Å². The second-order valence-corrected chi connectivity index (χ2v) is 4.65. The third-order valence-corrected chi connectivity index (χ3v) is 3.26. The van der Waals surface area contributed by atoms with Crippen molar-refractivity contribution < 1.29 is 9.47 Å². The number of morpholine rings is 1. The van der Waals surface area contributed by atoms with Crippen LogP contribution >= 0.6 is 11.6 Å². The first-order chi connectivity index (χ1) is 8.27. The van der Waals surface area contributed by atoms with Crippen molar-refractivity contribution in [2.45, 2.75) is 19.6 Å². The molecule has 1 aromatic rings. The van der Waals surface area contributed by atoms with E-state index in [-0.39, 0.29) is 6.10 Å². The van der Waals surface area contributed by atoms with E-state index in [1.807, 2.05) is 25.1 Å². The fourth-order valence-corrected chi connectivity index (χ4v) is 2.14. The van der Waals surface area contributed by atoms with Gasteiger partial charge in [0, 0.05) is 18.1 Å². The molecular formula is C13H18ClNO2. The van der Waals surface area contributed by atoms with Gasteiger partial charge in [0.15, 0.2) is 0 Å². The van der Waals surface area contributed by atoms with E-state index in [9.17, 15) is 0 Å². The minimum Gasteiger partial charge on any atom is -0.374 e. The predicted molar refractivity (Wildman–Crippen MR) is 68.5 cm³/mol. The molecule has 94 valence electrons. The summed E-state index contributed by atoms with van der Waals surface area (Å²) in [6.45, 7) is 5.76. The highest BCUT2D eigenvalue weighted by Crippen LogP contribution is 2.20. The summed E-state index contributed by atoms with van der Waals surface area (Å²) in [4.78, 5) is 0. The molecule has 0 saturated carbocycles. The van der Waals surface area contributed by atoms with Gasteiger partial charge in [-0.3, -0.25) is 0 Å². The fraction of sp³-hybridized carbons (Fsp3) is 0.538. The molecule has 1 N–H and O–H groups in total. The molecule has 1 atom stereocenters. The van der Waals surface area contributed by atoms with Crippen molar-refractivity contribution in [1.82, 2.24) is 5.32 Å². The van der Waals surface area contributed by atoms with Gasteiger partial charge >= 0.3 is 0 Å². The van der Waals surface area contributed by atoms with Crippen molar-refractivity contribution in [3.63, 3.8) is 0 Å². The van der Waals surface area contributed by atoms with Crippen LogP contribution in [0.1, 0.15) is 11.1 Å². The van der Waals surface area contributed by atoms with Crippen LogP contribution in [0.3, 0.4) is 0 Å². The molecule has 0 spiro atoms. The maximum atomic E-state index is 6.13. The summed E-state index contributed by atoms with van der Waals surface area (Å²) in [7, 11) is 0. The Morgan fingerprint density at radius 1 is 1.53 bits per heavy atom. The average molecular weight is 256 g/mol. The van der Waals surface area contributed by atoms with E-state index in [4.69, 9.17) is 21.1 Å². The summed E-state index contributed by atoms with van der Waals surface area (Å²) < 4.78 is 11.2. The Bertz CT molecular complexity index is 344. The Morgan fingerprint density at radius 2 is 2.41 bits per heavy atom. The lowest BCUT2D eigenvalue weighted by atomic mass is 10.1. The summed E-state index contributed by atoms with van der Waals surface area (Å²) in [5, 5.41) is 4.05. The van der Waals surface area contributed by atoms with Gasteiger partial charge in [-0.05, 0) is 24.1 Å². The first-order valence-corrected chi connectivity index (χ1v) is 6.29. The number of hydrogen-bond donors (Lipinski definition) is 1. The number of benzene rings is 1. The zero-order valence-corrected chi connectivity index (χ0v) is 10.8. The number of ether oxygens (including phenoxy) is 2. The van der Waals surface area contributed by atoms with Crippen molar-refractivity contribution in [3.05, 3.63) is 34.3 Å². The number of hydrogen-bond acceptors (Lipinski definition) is 3. The van der Waals surface area contributed by atoms with E-state index in [1.54, 1.807) is 0 Å². The van der Waals surface area contributed by atoms with Crippen molar-refractivity contribution in [2.75, 3.05) is 26.3 Å². The lowest BCUT2D eigenvalue weighted by molar-refractivity contribution is -0.0358. The third kappa shape index (κ3) is 3.68. The molecule has 3 nitrogen and oxygen atoms in total. The molecule has 1 fully saturated rings. The summed E-state index contributed by atoms with van der Waals surface area (Å²) in [5.41, 5.74) is 2.23. The van der Waals surface area contributed by atoms with Crippen LogP contribution in [-0.2, 0) is 16.1 Å². The van der Waals surface area contributed by atoms with Crippen molar-refractivity contribution in [2.24, 2.45) is 0 Å². The highest BCUT2D eigenvalue weighted by Gasteiger charge is 2.13. The van der Waals surface area contributed by atoms with E-state index < -0.39 is 0 Å². The van der Waals surface area contributed by atoms with E-state index in [2.05, 4.69) is 5.32 Å². The molecule has 0 aromatic heterocycles. The van der Waals surface area contributed by atoms with Crippen molar-refractivity contribution in [3.8, 4) is 0 Å². The Labute approximate surface area is 107 Å². The van der Waals surface area contributed by atoms with Crippen LogP contribution in [0.4, 0.5) is 0 Å². The van der Waals surface area contributed by atoms with Crippen LogP contribution in [0.15, 0.2) is 18.2 Å². The fourth-order valence-electron chi connectivity index (χ4n) is 1.87. The minimum absolute atomic E-state index is 0.159. The zero-order valence-electron chi connectivity index (χ0n) is 10.0. The second-order valence-electron chi connectivity index (χ2n) is 4.25. The summed E-state index contributed by atoms with van der Waals surface area (Å²) in [6.07, 6.45) is 0.159. The first kappa shape index (κ1) is 12.8. The van der Waals surface area contributed by atoms with E-state index in [1.165, 1.54) is 5.56 Å². The monoisotopic (exact) mass is 255 g/mol. The normalized spacial score (nSPS) is 20.5. The molecule has 1 saturated heterocycles. The Balaban J connectivity index is 1.81. The molecule has 2 rings (SSSR count). The lowest BCUT2D eigenvalue weighted by Gasteiger charge is -2.23. The Morgan fingerprint density at radius 3 is 3.12 bits per heavy atom. The number of nitrogens with one attached hydrogen (secondary N) is 1. The number of aryl methyl sites for hydroxylation is 1. The zero-order chi connectivity index (χ0) is 12.1. The van der Waals surface area contributed by atoms with Gasteiger partial charge in [0.2, 0.25) is 0 Å². The van der Waals surface area contributed by atoms with Gasteiger partial charge in [0.25, 0.3) is 0 Å². The van der Waals surface area contributed by atoms with E-state index in [0.717, 1.165) is 30.3 Å². The lowest BCUT2D eigenvalue weighted by Crippen LogP contribution is -2.40. The molecule has 17 heavy (non-hydrogen) atoms. The largest absolute Gasteiger partial charge is 0.374 e. The van der Waals surface area contributed by atoms with Crippen molar-refractivity contribution >= 4 is 11.6 Å². The van der Waals surface area contributed by atoms with Crippen LogP contribution in [0.2, 0.25) is 5.02 Å². The van der Waals surface area contributed by atoms with Gasteiger partial charge in [-0.2, -0.15) is 0 Å². The van der Waals surface area contributed by atoms with E-state index >= 15 is 0 Å². The second kappa shape index (κ2) is 6.36. The first-order valence-electron chi connectivity index (χ1n) is 5.91. The van der Waals surface area contributed by atoms with Gasteiger partial charge < -0.3 is 14.8 Å². The van der Waals surface area contributed by atoms with Crippen LogP contribution in [0, 0.1) is 6.92 Å². The third-order valence-electron chi connectivity index (χ3n) is 2.91. The summed E-state index contributed by atoms with van der Waals surface area (Å²) in [5.74, 6) is 0. The Hall–Kier alpha value is -0.610. The SMILES string of the molecule is Cc1cccc(Cl)c1COCC1CNCCO1. The van der Waals surface area contributed by atoms with Crippen molar-refractivity contribution in [1.29, 1.82) is 0 Å². The van der Waals surface area contributed by atoms with Crippen LogP contribution in [0.5, 0.6) is 0 Å². The molecule has 1 unspecified atom stereocenters. The van der Waals surface area contributed by atoms with Crippen LogP contribution in [-0.4, -0.2) is 32.4 Å². The van der Waals surface area contributed by atoms with Gasteiger partial charge in [-0.25, -0.2) is 0 Å². The highest BCUT2D eigenvalue weighted by molar-refractivity contribution is 6.31. The standard InChI is InChI=1S/C13H18ClNO2/c1-10-3-2-4-13(14)12(10)9-16-8-11-7-15-5-6-17-11/h2-4,11,15H,5-9H2,1H3. The minimum atomic E-state index is 0.159. The molecule has 1 aromatic carbocycles. The van der Waals surface area contributed by atoms with Crippen LogP contribution < -0.4 is 5.32 Å². The van der Waals surface area contributed by atoms with E-state index in [0.29, 0.717) is 13.2 Å².